The fourth-order valence-electron chi connectivity index (χ4n) is 1.98. The Bertz CT molecular complexity index is 671. The number of rotatable bonds is 4. The SMILES string of the molecule is CNC(=O)C(C)Nc1c(C(N)=S)cnc2ccccc12. The summed E-state index contributed by atoms with van der Waals surface area (Å²) in [7, 11) is 1.60. The normalized spacial score (nSPS) is 11.9. The van der Waals surface area contributed by atoms with E-state index >= 15 is 0 Å². The van der Waals surface area contributed by atoms with Crippen molar-refractivity contribution in [2.45, 2.75) is 13.0 Å². The van der Waals surface area contributed by atoms with Crippen molar-refractivity contribution in [3.63, 3.8) is 0 Å². The lowest BCUT2D eigenvalue weighted by Crippen LogP contribution is -2.35. The molecule has 0 fully saturated rings. The molecule has 0 saturated carbocycles. The van der Waals surface area contributed by atoms with Gasteiger partial charge in [-0.25, -0.2) is 0 Å². The van der Waals surface area contributed by atoms with E-state index < -0.39 is 6.04 Å². The van der Waals surface area contributed by atoms with E-state index in [0.29, 0.717) is 5.56 Å². The Balaban J connectivity index is 2.55. The number of carbonyl (C=O) groups excluding carboxylic acids is 1. The molecule has 1 aromatic heterocycles. The minimum absolute atomic E-state index is 0.111. The van der Waals surface area contributed by atoms with Gasteiger partial charge in [0, 0.05) is 18.6 Å². The second kappa shape index (κ2) is 5.83. The monoisotopic (exact) mass is 288 g/mol. The second-order valence-corrected chi connectivity index (χ2v) is 4.85. The molecule has 1 aromatic carbocycles. The minimum Gasteiger partial charge on any atom is -0.389 e. The van der Waals surface area contributed by atoms with Crippen molar-refractivity contribution >= 4 is 39.7 Å². The highest BCUT2D eigenvalue weighted by atomic mass is 32.1. The van der Waals surface area contributed by atoms with E-state index in [9.17, 15) is 4.79 Å². The molecule has 0 spiro atoms. The smallest absolute Gasteiger partial charge is 0.241 e. The van der Waals surface area contributed by atoms with Crippen LogP contribution in [-0.4, -0.2) is 29.0 Å². The zero-order valence-electron chi connectivity index (χ0n) is 11.3. The number of amides is 1. The molecule has 5 nitrogen and oxygen atoms in total. The highest BCUT2D eigenvalue weighted by Gasteiger charge is 2.16. The van der Waals surface area contributed by atoms with Crippen LogP contribution in [0.15, 0.2) is 30.5 Å². The van der Waals surface area contributed by atoms with Gasteiger partial charge >= 0.3 is 0 Å². The van der Waals surface area contributed by atoms with Gasteiger partial charge in [-0.3, -0.25) is 9.78 Å². The summed E-state index contributed by atoms with van der Waals surface area (Å²) in [5.74, 6) is -0.111. The summed E-state index contributed by atoms with van der Waals surface area (Å²) in [6.07, 6.45) is 1.63. The molecule has 0 aliphatic rings. The number of carbonyl (C=O) groups is 1. The van der Waals surface area contributed by atoms with E-state index in [0.717, 1.165) is 16.6 Å². The maximum Gasteiger partial charge on any atom is 0.241 e. The van der Waals surface area contributed by atoms with Crippen LogP contribution < -0.4 is 16.4 Å². The number of nitrogens with one attached hydrogen (secondary N) is 2. The molecule has 1 heterocycles. The van der Waals surface area contributed by atoms with Gasteiger partial charge in [-0.2, -0.15) is 0 Å². The number of hydrogen-bond acceptors (Lipinski definition) is 4. The number of anilines is 1. The molecule has 104 valence electrons. The van der Waals surface area contributed by atoms with Gasteiger partial charge in [0.25, 0.3) is 0 Å². The maximum atomic E-state index is 11.7. The van der Waals surface area contributed by atoms with Crippen LogP contribution in [0.25, 0.3) is 10.9 Å². The Hall–Kier alpha value is -2.21. The summed E-state index contributed by atoms with van der Waals surface area (Å²) in [6.45, 7) is 1.78. The van der Waals surface area contributed by atoms with Crippen molar-refractivity contribution in [2.24, 2.45) is 5.73 Å². The minimum atomic E-state index is -0.404. The van der Waals surface area contributed by atoms with E-state index in [2.05, 4.69) is 15.6 Å². The quantitative estimate of drug-likeness (QED) is 0.741. The largest absolute Gasteiger partial charge is 0.389 e. The summed E-state index contributed by atoms with van der Waals surface area (Å²) in [5, 5.41) is 6.65. The second-order valence-electron chi connectivity index (χ2n) is 4.41. The molecule has 0 aliphatic carbocycles. The van der Waals surface area contributed by atoms with E-state index in [-0.39, 0.29) is 10.9 Å². The fraction of sp³-hybridized carbons (Fsp3) is 0.214. The van der Waals surface area contributed by atoms with Gasteiger partial charge in [0.1, 0.15) is 11.0 Å². The number of benzene rings is 1. The zero-order valence-corrected chi connectivity index (χ0v) is 12.1. The first kappa shape index (κ1) is 14.2. The maximum absolute atomic E-state index is 11.7. The number of thiocarbonyl (C=S) groups is 1. The molecular weight excluding hydrogens is 272 g/mol. The van der Waals surface area contributed by atoms with Crippen LogP contribution in [0, 0.1) is 0 Å². The van der Waals surface area contributed by atoms with Crippen LogP contribution in [0.4, 0.5) is 5.69 Å². The van der Waals surface area contributed by atoms with Crippen molar-refractivity contribution in [2.75, 3.05) is 12.4 Å². The molecule has 0 saturated heterocycles. The molecule has 1 atom stereocenters. The highest BCUT2D eigenvalue weighted by molar-refractivity contribution is 7.80. The first-order valence-electron chi connectivity index (χ1n) is 6.20. The number of nitrogens with two attached hydrogens (primary N) is 1. The summed E-state index contributed by atoms with van der Waals surface area (Å²) in [5.41, 5.74) is 7.93. The standard InChI is InChI=1S/C14H16N4OS/c1-8(14(19)16-2)18-12-9-5-3-4-6-11(9)17-7-10(12)13(15)20/h3-8H,1-2H3,(H2,15,20)(H,16,19)(H,17,18). The lowest BCUT2D eigenvalue weighted by Gasteiger charge is -2.18. The molecular formula is C14H16N4OS. The van der Waals surface area contributed by atoms with E-state index in [1.54, 1.807) is 20.2 Å². The van der Waals surface area contributed by atoms with Crippen molar-refractivity contribution < 1.29 is 4.79 Å². The van der Waals surface area contributed by atoms with Crippen molar-refractivity contribution in [1.82, 2.24) is 10.3 Å². The number of para-hydroxylation sites is 1. The van der Waals surface area contributed by atoms with E-state index in [1.165, 1.54) is 0 Å². The van der Waals surface area contributed by atoms with Crippen LogP contribution in [-0.2, 0) is 4.79 Å². The Morgan fingerprint density at radius 3 is 2.75 bits per heavy atom. The number of nitrogens with zero attached hydrogens (tertiary/aromatic N) is 1. The Labute approximate surface area is 122 Å². The lowest BCUT2D eigenvalue weighted by molar-refractivity contribution is -0.121. The van der Waals surface area contributed by atoms with Gasteiger partial charge in [-0.1, -0.05) is 30.4 Å². The highest BCUT2D eigenvalue weighted by Crippen LogP contribution is 2.26. The Morgan fingerprint density at radius 2 is 2.10 bits per heavy atom. The zero-order chi connectivity index (χ0) is 14.7. The molecule has 4 N–H and O–H groups in total. The number of hydrogen-bond donors (Lipinski definition) is 3. The fourth-order valence-corrected chi connectivity index (χ4v) is 2.14. The molecule has 1 amide bonds. The summed E-state index contributed by atoms with van der Waals surface area (Å²) < 4.78 is 0. The summed E-state index contributed by atoms with van der Waals surface area (Å²) in [4.78, 5) is 16.3. The van der Waals surface area contributed by atoms with Gasteiger partial charge < -0.3 is 16.4 Å². The third-order valence-corrected chi connectivity index (χ3v) is 3.26. The third-order valence-electron chi connectivity index (χ3n) is 3.04. The Morgan fingerprint density at radius 1 is 1.40 bits per heavy atom. The van der Waals surface area contributed by atoms with Crippen LogP contribution >= 0.6 is 12.2 Å². The van der Waals surface area contributed by atoms with Crippen molar-refractivity contribution in [1.29, 1.82) is 0 Å². The summed E-state index contributed by atoms with van der Waals surface area (Å²) >= 11 is 5.06. The molecule has 2 rings (SSSR count). The first-order chi connectivity index (χ1) is 9.54. The average Bonchev–Trinajstić information content (AvgIpc) is 2.46. The van der Waals surface area contributed by atoms with Crippen molar-refractivity contribution in [3.05, 3.63) is 36.0 Å². The molecule has 1 unspecified atom stereocenters. The summed E-state index contributed by atoms with van der Waals surface area (Å²) in [6, 6.07) is 7.22. The molecule has 20 heavy (non-hydrogen) atoms. The number of fused-ring (bicyclic) bond motifs is 1. The van der Waals surface area contributed by atoms with Crippen LogP contribution in [0.2, 0.25) is 0 Å². The molecule has 6 heteroatoms. The van der Waals surface area contributed by atoms with Gasteiger partial charge in [-0.05, 0) is 13.0 Å². The van der Waals surface area contributed by atoms with Gasteiger partial charge in [0.2, 0.25) is 5.91 Å². The van der Waals surface area contributed by atoms with Gasteiger partial charge in [0.05, 0.1) is 16.8 Å². The topological polar surface area (TPSA) is 80.0 Å². The van der Waals surface area contributed by atoms with Crippen LogP contribution in [0.1, 0.15) is 12.5 Å². The lowest BCUT2D eigenvalue weighted by atomic mass is 10.1. The predicted molar refractivity (Wildman–Crippen MR) is 84.8 cm³/mol. The van der Waals surface area contributed by atoms with Gasteiger partial charge in [0.15, 0.2) is 0 Å². The van der Waals surface area contributed by atoms with Crippen LogP contribution in [0.3, 0.4) is 0 Å². The number of likely N-dealkylation sites (N-methyl/N-ethyl adjacent to an activating group) is 1. The predicted octanol–water partition coefficient (Wildman–Crippen LogP) is 1.42. The molecule has 2 aromatic rings. The third kappa shape index (κ3) is 2.70. The molecule has 0 radical (unpaired) electrons. The average molecular weight is 288 g/mol. The number of aromatic nitrogens is 1. The van der Waals surface area contributed by atoms with E-state index in [1.807, 2.05) is 24.3 Å². The van der Waals surface area contributed by atoms with Gasteiger partial charge in [-0.15, -0.1) is 0 Å². The van der Waals surface area contributed by atoms with Crippen molar-refractivity contribution in [3.8, 4) is 0 Å². The first-order valence-corrected chi connectivity index (χ1v) is 6.61. The van der Waals surface area contributed by atoms with Crippen LogP contribution in [0.5, 0.6) is 0 Å². The Kier molecular flexibility index (Phi) is 4.14. The molecule has 0 bridgehead atoms. The number of pyridine rings is 1. The molecule has 0 aliphatic heterocycles. The van der Waals surface area contributed by atoms with E-state index in [4.69, 9.17) is 18.0 Å².